The maximum Gasteiger partial charge on any atom is 0.573 e. The maximum atomic E-state index is 15.9. The van der Waals surface area contributed by atoms with Crippen molar-refractivity contribution in [1.82, 2.24) is 19.5 Å². The fourth-order valence-electron chi connectivity index (χ4n) is 3.44. The third-order valence-corrected chi connectivity index (χ3v) is 6.21. The molecule has 5 atom stereocenters. The van der Waals surface area contributed by atoms with Crippen LogP contribution in [0.4, 0.5) is 10.3 Å². The number of hydrogen-bond acceptors (Lipinski definition) is 10. The van der Waals surface area contributed by atoms with Gasteiger partial charge in [0.05, 0.1) is 19.5 Å². The summed E-state index contributed by atoms with van der Waals surface area (Å²) in [5.41, 5.74) is 4.34. The van der Waals surface area contributed by atoms with Gasteiger partial charge < -0.3 is 15.2 Å². The summed E-state index contributed by atoms with van der Waals surface area (Å²) in [4.78, 5) is 22.9. The molecule has 2 saturated heterocycles. The van der Waals surface area contributed by atoms with Crippen LogP contribution in [0.3, 0.4) is 0 Å². The van der Waals surface area contributed by atoms with Gasteiger partial charge in [0.25, 0.3) is 0 Å². The van der Waals surface area contributed by atoms with E-state index in [0.717, 1.165) is 0 Å². The van der Waals surface area contributed by atoms with Crippen LogP contribution in [0.15, 0.2) is 6.33 Å². The highest BCUT2D eigenvalue weighted by molar-refractivity contribution is 7.55. The average molecular weight is 432 g/mol. The summed E-state index contributed by atoms with van der Waals surface area (Å²) in [6.07, 6.45) is -0.952. The van der Waals surface area contributed by atoms with Crippen LogP contribution < -0.4 is 10.5 Å². The Morgan fingerprint density at radius 2 is 2.24 bits per heavy atom. The van der Waals surface area contributed by atoms with Gasteiger partial charge in [0, 0.05) is 0 Å². The summed E-state index contributed by atoms with van der Waals surface area (Å²) < 4.78 is 44.8. The summed E-state index contributed by atoms with van der Waals surface area (Å²) in [5, 5.41) is 0. The topological polar surface area (TPSA) is 136 Å². The molecule has 2 fully saturated rings. The fourth-order valence-corrected chi connectivity index (χ4v) is 5.01. The lowest BCUT2D eigenvalue weighted by Gasteiger charge is -2.30. The van der Waals surface area contributed by atoms with E-state index in [9.17, 15) is 4.89 Å². The van der Waals surface area contributed by atoms with Crippen LogP contribution >= 0.6 is 8.17 Å². The van der Waals surface area contributed by atoms with Gasteiger partial charge in [0.2, 0.25) is 11.8 Å². The summed E-state index contributed by atoms with van der Waals surface area (Å²) in [5.74, 6) is 0.170. The van der Waals surface area contributed by atoms with E-state index in [1.807, 2.05) is 6.92 Å². The summed E-state index contributed by atoms with van der Waals surface area (Å²) in [6, 6.07) is 0. The van der Waals surface area contributed by atoms with Crippen LogP contribution in [-0.2, 0) is 18.3 Å². The Balaban J connectivity index is 1.67. The Kier molecular flexibility index (Phi) is 5.34. The molecule has 0 aromatic carbocycles. The number of fused-ring (bicyclic) bond motifs is 2. The fraction of sp³-hybridized carbons (Fsp3) is 0.688. The Labute approximate surface area is 166 Å². The molecule has 3 N–H and O–H groups in total. The summed E-state index contributed by atoms with van der Waals surface area (Å²) in [7, 11) is -3.62. The summed E-state index contributed by atoms with van der Waals surface area (Å²) in [6.45, 7) is 5.53. The van der Waals surface area contributed by atoms with Crippen LogP contribution in [0.2, 0.25) is 0 Å². The molecular formula is C16H24FN5O6P+. The van der Waals surface area contributed by atoms with Gasteiger partial charge in [0.15, 0.2) is 29.2 Å². The van der Waals surface area contributed by atoms with Gasteiger partial charge in [-0.3, -0.25) is 4.57 Å². The van der Waals surface area contributed by atoms with Gasteiger partial charge in [-0.2, -0.15) is 23.9 Å². The number of imidazole rings is 1. The molecule has 4 rings (SSSR count). The molecule has 2 aromatic heterocycles. The van der Waals surface area contributed by atoms with Gasteiger partial charge >= 0.3 is 8.17 Å². The van der Waals surface area contributed by atoms with Crippen LogP contribution in [0.25, 0.3) is 11.2 Å². The second-order valence-electron chi connectivity index (χ2n) is 6.95. The Morgan fingerprint density at radius 3 is 2.97 bits per heavy atom. The molecule has 0 aliphatic carbocycles. The summed E-state index contributed by atoms with van der Waals surface area (Å²) >= 11 is 0. The largest absolute Gasteiger partial charge is 0.573 e. The minimum Gasteiger partial charge on any atom is -0.476 e. The highest BCUT2D eigenvalue weighted by Crippen LogP contribution is 2.65. The van der Waals surface area contributed by atoms with Crippen molar-refractivity contribution in [3.05, 3.63) is 6.33 Å². The van der Waals surface area contributed by atoms with Gasteiger partial charge in [0.1, 0.15) is 12.7 Å². The SMILES string of the molecule is CCCO[P+]1(O)OC[C@H]2O[C@@H](n3cnc4c(OCC)nc(N)nc43)[C@](C)(F)[C@@H]2O1. The molecule has 0 radical (unpaired) electrons. The lowest BCUT2D eigenvalue weighted by atomic mass is 9.98. The maximum absolute atomic E-state index is 15.9. The van der Waals surface area contributed by atoms with E-state index >= 15 is 4.39 Å². The quantitative estimate of drug-likeness (QED) is 0.652. The van der Waals surface area contributed by atoms with E-state index in [0.29, 0.717) is 18.5 Å². The molecule has 1 unspecified atom stereocenters. The van der Waals surface area contributed by atoms with Crippen molar-refractivity contribution in [3.8, 4) is 5.88 Å². The monoisotopic (exact) mass is 432 g/mol. The number of ether oxygens (including phenoxy) is 2. The predicted molar refractivity (Wildman–Crippen MR) is 101 cm³/mol. The molecule has 2 aromatic rings. The first kappa shape index (κ1) is 20.6. The van der Waals surface area contributed by atoms with E-state index in [1.165, 1.54) is 17.8 Å². The van der Waals surface area contributed by atoms with E-state index in [1.54, 1.807) is 6.92 Å². The predicted octanol–water partition coefficient (Wildman–Crippen LogP) is 1.94. The van der Waals surface area contributed by atoms with Crippen molar-refractivity contribution < 1.29 is 32.3 Å². The van der Waals surface area contributed by atoms with Crippen molar-refractivity contribution in [2.24, 2.45) is 0 Å². The van der Waals surface area contributed by atoms with Crippen LogP contribution in [0.5, 0.6) is 5.88 Å². The third-order valence-electron chi connectivity index (χ3n) is 4.73. The zero-order valence-electron chi connectivity index (χ0n) is 16.3. The molecule has 0 spiro atoms. The first-order valence-electron chi connectivity index (χ1n) is 9.35. The third kappa shape index (κ3) is 3.54. The Bertz CT molecular complexity index is 900. The molecule has 160 valence electrons. The molecule has 13 heteroatoms. The lowest BCUT2D eigenvalue weighted by Crippen LogP contribution is -2.45. The van der Waals surface area contributed by atoms with Crippen LogP contribution in [0, 0.1) is 0 Å². The van der Waals surface area contributed by atoms with E-state index < -0.39 is 32.3 Å². The second-order valence-corrected chi connectivity index (χ2v) is 8.61. The smallest absolute Gasteiger partial charge is 0.476 e. The van der Waals surface area contributed by atoms with E-state index in [2.05, 4.69) is 15.0 Å². The van der Waals surface area contributed by atoms with Gasteiger partial charge in [-0.15, -0.1) is 4.52 Å². The molecular weight excluding hydrogens is 408 g/mol. The first-order chi connectivity index (χ1) is 13.8. The number of halogens is 1. The molecule has 4 heterocycles. The van der Waals surface area contributed by atoms with Gasteiger partial charge in [-0.25, -0.2) is 9.37 Å². The Hall–Kier alpha value is -1.69. The number of alkyl halides is 1. The lowest BCUT2D eigenvalue weighted by molar-refractivity contribution is -0.0807. The average Bonchev–Trinajstić information content (AvgIpc) is 3.19. The number of hydrogen-bond donors (Lipinski definition) is 2. The van der Waals surface area contributed by atoms with Crippen molar-refractivity contribution in [2.45, 2.75) is 51.3 Å². The van der Waals surface area contributed by atoms with Crippen molar-refractivity contribution >= 4 is 25.3 Å². The molecule has 11 nitrogen and oxygen atoms in total. The standard InChI is InChI=1S/C16H24FN5O6P/c1-4-6-25-29(23)26-7-9-11(28-29)16(3,17)14(27-9)22-8-19-10-12(22)20-15(18)21-13(10)24-5-2/h8-9,11,14,23H,4-7H2,1-3H3,(H2,18,20,21)/q+1/t9-,11-,14-,16-,29?/m1/s1. The molecule has 0 amide bonds. The molecule has 2 aliphatic heterocycles. The number of nitrogen functional groups attached to an aromatic ring is 1. The number of anilines is 1. The highest BCUT2D eigenvalue weighted by atomic mass is 31.2. The van der Waals surface area contributed by atoms with Gasteiger partial charge in [-0.1, -0.05) is 6.92 Å². The second kappa shape index (κ2) is 7.53. The number of nitrogens with zero attached hydrogens (tertiary/aromatic N) is 4. The number of aromatic nitrogens is 4. The molecule has 29 heavy (non-hydrogen) atoms. The van der Waals surface area contributed by atoms with Crippen molar-refractivity contribution in [2.75, 3.05) is 25.6 Å². The molecule has 0 bridgehead atoms. The zero-order valence-corrected chi connectivity index (χ0v) is 17.2. The van der Waals surface area contributed by atoms with Crippen LogP contribution in [-0.4, -0.2) is 62.1 Å². The Morgan fingerprint density at radius 1 is 1.45 bits per heavy atom. The molecule has 2 aliphatic rings. The molecule has 0 saturated carbocycles. The first-order valence-corrected chi connectivity index (χ1v) is 10.8. The van der Waals surface area contributed by atoms with Gasteiger partial charge in [-0.05, 0) is 20.3 Å². The van der Waals surface area contributed by atoms with E-state index in [4.69, 9.17) is 28.8 Å². The van der Waals surface area contributed by atoms with E-state index in [-0.39, 0.29) is 30.7 Å². The minimum atomic E-state index is -3.62. The van der Waals surface area contributed by atoms with Crippen molar-refractivity contribution in [3.63, 3.8) is 0 Å². The van der Waals surface area contributed by atoms with Crippen LogP contribution in [0.1, 0.15) is 33.4 Å². The minimum absolute atomic E-state index is 0.0356. The van der Waals surface area contributed by atoms with Crippen molar-refractivity contribution in [1.29, 1.82) is 0 Å². The normalized spacial score (nSPS) is 34.4. The highest BCUT2D eigenvalue weighted by Gasteiger charge is 2.67. The number of rotatable bonds is 6. The zero-order chi connectivity index (χ0) is 20.8. The number of nitrogens with two attached hydrogens (primary N) is 1.